The van der Waals surface area contributed by atoms with Gasteiger partial charge in [-0.05, 0) is 37.7 Å². The lowest BCUT2D eigenvalue weighted by atomic mass is 10.00. The number of halogens is 2. The molecule has 2 rings (SSSR count). The van der Waals surface area contributed by atoms with E-state index in [2.05, 4.69) is 17.1 Å². The maximum atomic E-state index is 13.3. The highest BCUT2D eigenvalue weighted by Crippen LogP contribution is 2.15. The molecule has 1 saturated heterocycles. The average Bonchev–Trinajstić information content (AvgIpc) is 2.48. The van der Waals surface area contributed by atoms with Gasteiger partial charge in [-0.1, -0.05) is 13.0 Å². The maximum Gasteiger partial charge on any atom is 0.159 e. The lowest BCUT2D eigenvalue weighted by Gasteiger charge is -2.36. The molecule has 20 heavy (non-hydrogen) atoms. The Hall–Kier alpha value is -1.04. The zero-order valence-electron chi connectivity index (χ0n) is 12.0. The van der Waals surface area contributed by atoms with E-state index in [0.29, 0.717) is 13.0 Å². The van der Waals surface area contributed by atoms with Crippen LogP contribution in [0.4, 0.5) is 8.78 Å². The molecule has 1 fully saturated rings. The van der Waals surface area contributed by atoms with Crippen molar-refractivity contribution >= 4 is 0 Å². The zero-order valence-corrected chi connectivity index (χ0v) is 12.0. The number of nitrogens with zero attached hydrogens (tertiary/aromatic N) is 1. The monoisotopic (exact) mass is 284 g/mol. The van der Waals surface area contributed by atoms with Gasteiger partial charge in [0.1, 0.15) is 0 Å². The van der Waals surface area contributed by atoms with Crippen LogP contribution in [-0.2, 0) is 11.2 Å². The van der Waals surface area contributed by atoms with Crippen molar-refractivity contribution in [3.05, 3.63) is 35.4 Å². The highest BCUT2D eigenvalue weighted by Gasteiger charge is 2.26. The van der Waals surface area contributed by atoms with Crippen LogP contribution in [-0.4, -0.2) is 50.3 Å². The number of morpholine rings is 1. The molecule has 1 aromatic carbocycles. The average molecular weight is 284 g/mol. The van der Waals surface area contributed by atoms with Crippen LogP contribution in [0.15, 0.2) is 18.2 Å². The van der Waals surface area contributed by atoms with E-state index in [1.54, 1.807) is 6.07 Å². The van der Waals surface area contributed by atoms with E-state index in [4.69, 9.17) is 4.74 Å². The van der Waals surface area contributed by atoms with E-state index in [0.717, 1.165) is 25.2 Å². The van der Waals surface area contributed by atoms with Crippen LogP contribution in [0.2, 0.25) is 0 Å². The summed E-state index contributed by atoms with van der Waals surface area (Å²) in [4.78, 5) is 2.34. The first-order valence-corrected chi connectivity index (χ1v) is 7.09. The van der Waals surface area contributed by atoms with Crippen LogP contribution in [0.3, 0.4) is 0 Å². The predicted octanol–water partition coefficient (Wildman–Crippen LogP) is 1.82. The third-order valence-corrected chi connectivity index (χ3v) is 3.88. The molecule has 3 nitrogen and oxygen atoms in total. The summed E-state index contributed by atoms with van der Waals surface area (Å²) >= 11 is 0. The molecule has 1 aromatic rings. The summed E-state index contributed by atoms with van der Waals surface area (Å²) in [6.07, 6.45) is 0.692. The minimum atomic E-state index is -0.805. The lowest BCUT2D eigenvalue weighted by molar-refractivity contribution is -0.0436. The number of benzene rings is 1. The van der Waals surface area contributed by atoms with E-state index in [1.165, 1.54) is 12.1 Å². The molecule has 0 amide bonds. The van der Waals surface area contributed by atoms with Gasteiger partial charge in [0, 0.05) is 19.1 Å². The standard InChI is InChI=1S/C15H22F2N2O/c1-3-19-6-7-20-15(10-19)14(18-2)9-11-4-5-12(16)13(17)8-11/h4-5,8,14-15,18H,3,6-7,9-10H2,1-2H3. The van der Waals surface area contributed by atoms with Gasteiger partial charge in [-0.15, -0.1) is 0 Å². The molecule has 0 saturated carbocycles. The molecule has 1 N–H and O–H groups in total. The largest absolute Gasteiger partial charge is 0.374 e. The molecule has 1 aliphatic heterocycles. The molecule has 2 unspecified atom stereocenters. The fraction of sp³-hybridized carbons (Fsp3) is 0.600. The van der Waals surface area contributed by atoms with Gasteiger partial charge >= 0.3 is 0 Å². The Morgan fingerprint density at radius 3 is 2.85 bits per heavy atom. The first-order valence-electron chi connectivity index (χ1n) is 7.09. The summed E-state index contributed by atoms with van der Waals surface area (Å²) in [5.74, 6) is -1.60. The molecule has 0 aromatic heterocycles. The van der Waals surface area contributed by atoms with Crippen molar-refractivity contribution in [2.45, 2.75) is 25.5 Å². The van der Waals surface area contributed by atoms with Gasteiger partial charge < -0.3 is 10.1 Å². The number of ether oxygens (including phenoxy) is 1. The molecule has 5 heteroatoms. The summed E-state index contributed by atoms with van der Waals surface area (Å²) < 4.78 is 32.0. The normalized spacial score (nSPS) is 21.9. The van der Waals surface area contributed by atoms with Crippen molar-refractivity contribution in [1.82, 2.24) is 10.2 Å². The Balaban J connectivity index is 2.02. The van der Waals surface area contributed by atoms with Crippen LogP contribution in [0.25, 0.3) is 0 Å². The van der Waals surface area contributed by atoms with Gasteiger partial charge in [-0.3, -0.25) is 4.90 Å². The number of hydrogen-bond donors (Lipinski definition) is 1. The van der Waals surface area contributed by atoms with Crippen LogP contribution < -0.4 is 5.32 Å². The second-order valence-electron chi connectivity index (χ2n) is 5.15. The van der Waals surface area contributed by atoms with Crippen LogP contribution in [0, 0.1) is 11.6 Å². The van der Waals surface area contributed by atoms with E-state index in [1.807, 2.05) is 7.05 Å². The van der Waals surface area contributed by atoms with E-state index >= 15 is 0 Å². The topological polar surface area (TPSA) is 24.5 Å². The van der Waals surface area contributed by atoms with Crippen molar-refractivity contribution in [3.8, 4) is 0 Å². The fourth-order valence-electron chi connectivity index (χ4n) is 2.60. The van der Waals surface area contributed by atoms with Crippen molar-refractivity contribution in [3.63, 3.8) is 0 Å². The quantitative estimate of drug-likeness (QED) is 0.892. The molecule has 1 heterocycles. The number of likely N-dealkylation sites (N-methyl/N-ethyl adjacent to an activating group) is 2. The first-order chi connectivity index (χ1) is 9.63. The smallest absolute Gasteiger partial charge is 0.159 e. The van der Waals surface area contributed by atoms with Crippen molar-refractivity contribution in [2.24, 2.45) is 0 Å². The van der Waals surface area contributed by atoms with Crippen LogP contribution in [0.1, 0.15) is 12.5 Å². The van der Waals surface area contributed by atoms with E-state index in [-0.39, 0.29) is 12.1 Å². The molecule has 1 aliphatic rings. The maximum absolute atomic E-state index is 13.3. The summed E-state index contributed by atoms with van der Waals surface area (Å²) in [5, 5.41) is 3.23. The number of rotatable bonds is 5. The number of hydrogen-bond acceptors (Lipinski definition) is 3. The van der Waals surface area contributed by atoms with Crippen molar-refractivity contribution in [1.29, 1.82) is 0 Å². The SMILES string of the molecule is CCN1CCOC(C(Cc2ccc(F)c(F)c2)NC)C1. The number of nitrogens with one attached hydrogen (secondary N) is 1. The molecule has 0 radical (unpaired) electrons. The van der Waals surface area contributed by atoms with Gasteiger partial charge in [-0.25, -0.2) is 8.78 Å². The summed E-state index contributed by atoms with van der Waals surface area (Å²) in [6.45, 7) is 5.67. The summed E-state index contributed by atoms with van der Waals surface area (Å²) in [7, 11) is 1.87. The minimum absolute atomic E-state index is 0.0711. The van der Waals surface area contributed by atoms with Gasteiger partial charge in [0.25, 0.3) is 0 Å². The summed E-state index contributed by atoms with van der Waals surface area (Å²) in [6, 6.07) is 4.16. The molecule has 0 aliphatic carbocycles. The van der Waals surface area contributed by atoms with Gasteiger partial charge in [0.15, 0.2) is 11.6 Å². The third kappa shape index (κ3) is 3.75. The third-order valence-electron chi connectivity index (χ3n) is 3.88. The highest BCUT2D eigenvalue weighted by atomic mass is 19.2. The first kappa shape index (κ1) is 15.4. The Kier molecular flexibility index (Phi) is 5.46. The van der Waals surface area contributed by atoms with E-state index < -0.39 is 11.6 Å². The predicted molar refractivity (Wildman–Crippen MR) is 74.8 cm³/mol. The lowest BCUT2D eigenvalue weighted by Crippen LogP contribution is -2.52. The van der Waals surface area contributed by atoms with Crippen LogP contribution in [0.5, 0.6) is 0 Å². The highest BCUT2D eigenvalue weighted by molar-refractivity contribution is 5.19. The van der Waals surface area contributed by atoms with E-state index in [9.17, 15) is 8.78 Å². The Labute approximate surface area is 118 Å². The van der Waals surface area contributed by atoms with Gasteiger partial charge in [0.2, 0.25) is 0 Å². The van der Waals surface area contributed by atoms with Gasteiger partial charge in [-0.2, -0.15) is 0 Å². The molecule has 112 valence electrons. The molecular formula is C15H22F2N2O. The van der Waals surface area contributed by atoms with Crippen LogP contribution >= 0.6 is 0 Å². The zero-order chi connectivity index (χ0) is 14.5. The Morgan fingerprint density at radius 1 is 1.40 bits per heavy atom. The van der Waals surface area contributed by atoms with Crippen molar-refractivity contribution in [2.75, 3.05) is 33.3 Å². The van der Waals surface area contributed by atoms with Gasteiger partial charge in [0.05, 0.1) is 12.7 Å². The molecule has 2 atom stereocenters. The summed E-state index contributed by atoms with van der Waals surface area (Å²) in [5.41, 5.74) is 0.778. The molecular weight excluding hydrogens is 262 g/mol. The molecule has 0 bridgehead atoms. The Morgan fingerprint density at radius 2 is 2.20 bits per heavy atom. The fourth-order valence-corrected chi connectivity index (χ4v) is 2.60. The Bertz CT molecular complexity index is 442. The van der Waals surface area contributed by atoms with Crippen molar-refractivity contribution < 1.29 is 13.5 Å². The minimum Gasteiger partial charge on any atom is -0.374 e. The second-order valence-corrected chi connectivity index (χ2v) is 5.15. The second kappa shape index (κ2) is 7.11. The molecule has 0 spiro atoms.